The Bertz CT molecular complexity index is 429. The van der Waals surface area contributed by atoms with Crippen molar-refractivity contribution in [3.63, 3.8) is 0 Å². The van der Waals surface area contributed by atoms with Gasteiger partial charge in [-0.15, -0.1) is 0 Å². The average Bonchev–Trinajstić information content (AvgIpc) is 2.70. The monoisotopic (exact) mass is 245 g/mol. The smallest absolute Gasteiger partial charge is 0.123 e. The summed E-state index contributed by atoms with van der Waals surface area (Å²) in [6.07, 6.45) is 5.24. The Hall–Kier alpha value is -1.02. The summed E-state index contributed by atoms with van der Waals surface area (Å²) in [4.78, 5) is 0. The lowest BCUT2D eigenvalue weighted by atomic mass is 9.90. The Morgan fingerprint density at radius 1 is 1.39 bits per heavy atom. The third-order valence-corrected chi connectivity index (χ3v) is 4.26. The molecule has 0 amide bonds. The van der Waals surface area contributed by atoms with E-state index in [1.165, 1.54) is 30.5 Å². The number of benzene rings is 1. The third-order valence-electron chi connectivity index (χ3n) is 4.26. The molecular formula is C16H23NO. The highest BCUT2D eigenvalue weighted by Gasteiger charge is 2.27. The molecule has 0 spiro atoms. The van der Waals surface area contributed by atoms with Crippen LogP contribution in [-0.4, -0.2) is 18.7 Å². The highest BCUT2D eigenvalue weighted by molar-refractivity contribution is 5.40. The standard InChI is InChI=1S/C16H23NO/c1-11-3-4-16-13(7-11)9-15(18-16)10-14-8-12(2)5-6-17-14/h3-4,7,12,14-15,17H,5-6,8-10H2,1-2H3. The fourth-order valence-electron chi connectivity index (χ4n) is 3.30. The van der Waals surface area contributed by atoms with Crippen LogP contribution in [0.3, 0.4) is 0 Å². The zero-order valence-electron chi connectivity index (χ0n) is 11.4. The molecule has 2 nitrogen and oxygen atoms in total. The van der Waals surface area contributed by atoms with Gasteiger partial charge in [-0.1, -0.05) is 24.6 Å². The van der Waals surface area contributed by atoms with Crippen LogP contribution in [0.5, 0.6) is 5.75 Å². The summed E-state index contributed by atoms with van der Waals surface area (Å²) >= 11 is 0. The number of aryl methyl sites for hydroxylation is 1. The molecule has 0 aliphatic carbocycles. The number of piperidine rings is 1. The minimum atomic E-state index is 0.379. The second-order valence-electron chi connectivity index (χ2n) is 6.07. The molecule has 1 fully saturated rings. The molecule has 1 aromatic rings. The molecule has 0 aromatic heterocycles. The van der Waals surface area contributed by atoms with E-state index < -0.39 is 0 Å². The van der Waals surface area contributed by atoms with Crippen molar-refractivity contribution < 1.29 is 4.74 Å². The van der Waals surface area contributed by atoms with Gasteiger partial charge < -0.3 is 10.1 Å². The molecule has 1 aromatic carbocycles. The topological polar surface area (TPSA) is 21.3 Å². The molecule has 0 saturated carbocycles. The van der Waals surface area contributed by atoms with Gasteiger partial charge in [0.05, 0.1) is 0 Å². The summed E-state index contributed by atoms with van der Waals surface area (Å²) in [5.74, 6) is 1.97. The van der Waals surface area contributed by atoms with Crippen LogP contribution >= 0.6 is 0 Å². The fourth-order valence-corrected chi connectivity index (χ4v) is 3.30. The van der Waals surface area contributed by atoms with Gasteiger partial charge in [-0.25, -0.2) is 0 Å². The number of rotatable bonds is 2. The molecule has 3 rings (SSSR count). The molecule has 0 bridgehead atoms. The van der Waals surface area contributed by atoms with Gasteiger partial charge in [0.25, 0.3) is 0 Å². The van der Waals surface area contributed by atoms with Gasteiger partial charge >= 0.3 is 0 Å². The Labute approximate surface area is 110 Å². The summed E-state index contributed by atoms with van der Waals surface area (Å²) in [6, 6.07) is 7.19. The third kappa shape index (κ3) is 2.54. The molecule has 18 heavy (non-hydrogen) atoms. The van der Waals surface area contributed by atoms with Crippen LogP contribution in [0.15, 0.2) is 18.2 Å². The molecule has 2 aliphatic heterocycles. The van der Waals surface area contributed by atoms with Gasteiger partial charge in [0.2, 0.25) is 0 Å². The maximum atomic E-state index is 6.06. The summed E-state index contributed by atoms with van der Waals surface area (Å²) in [5.41, 5.74) is 2.73. The van der Waals surface area contributed by atoms with E-state index in [1.807, 2.05) is 0 Å². The highest BCUT2D eigenvalue weighted by Crippen LogP contribution is 2.32. The zero-order chi connectivity index (χ0) is 12.5. The number of hydrogen-bond donors (Lipinski definition) is 1. The fraction of sp³-hybridized carbons (Fsp3) is 0.625. The number of nitrogens with one attached hydrogen (secondary N) is 1. The Morgan fingerprint density at radius 2 is 2.28 bits per heavy atom. The SMILES string of the molecule is Cc1ccc2c(c1)CC(CC1CC(C)CCN1)O2. The van der Waals surface area contributed by atoms with Gasteiger partial charge in [0.1, 0.15) is 11.9 Å². The summed E-state index contributed by atoms with van der Waals surface area (Å²) < 4.78 is 6.06. The first-order chi connectivity index (χ1) is 8.70. The maximum Gasteiger partial charge on any atom is 0.123 e. The molecule has 2 aliphatic rings. The van der Waals surface area contributed by atoms with E-state index in [2.05, 4.69) is 37.4 Å². The van der Waals surface area contributed by atoms with Crippen LogP contribution < -0.4 is 10.1 Å². The van der Waals surface area contributed by atoms with E-state index in [1.54, 1.807) is 0 Å². The van der Waals surface area contributed by atoms with Crippen molar-refractivity contribution in [1.29, 1.82) is 0 Å². The van der Waals surface area contributed by atoms with Crippen molar-refractivity contribution >= 4 is 0 Å². The average molecular weight is 245 g/mol. The summed E-state index contributed by atoms with van der Waals surface area (Å²) in [7, 11) is 0. The van der Waals surface area contributed by atoms with Crippen molar-refractivity contribution in [1.82, 2.24) is 5.32 Å². The lowest BCUT2D eigenvalue weighted by Crippen LogP contribution is -2.40. The first-order valence-electron chi connectivity index (χ1n) is 7.20. The Balaban J connectivity index is 1.60. The van der Waals surface area contributed by atoms with Gasteiger partial charge in [-0.2, -0.15) is 0 Å². The van der Waals surface area contributed by atoms with Gasteiger partial charge in [-0.3, -0.25) is 0 Å². The first-order valence-corrected chi connectivity index (χ1v) is 7.20. The molecule has 1 saturated heterocycles. The minimum absolute atomic E-state index is 0.379. The quantitative estimate of drug-likeness (QED) is 0.864. The normalized spacial score (nSPS) is 30.9. The predicted octanol–water partition coefficient (Wildman–Crippen LogP) is 3.08. The van der Waals surface area contributed by atoms with Crippen LogP contribution in [0.1, 0.15) is 37.3 Å². The van der Waals surface area contributed by atoms with E-state index in [-0.39, 0.29) is 0 Å². The first kappa shape index (κ1) is 12.0. The van der Waals surface area contributed by atoms with E-state index in [4.69, 9.17) is 4.74 Å². The van der Waals surface area contributed by atoms with Crippen LogP contribution in [-0.2, 0) is 6.42 Å². The van der Waals surface area contributed by atoms with E-state index in [0.717, 1.165) is 24.5 Å². The Morgan fingerprint density at radius 3 is 3.11 bits per heavy atom. The lowest BCUT2D eigenvalue weighted by Gasteiger charge is -2.29. The Kier molecular flexibility index (Phi) is 3.29. The van der Waals surface area contributed by atoms with Crippen LogP contribution in [0.25, 0.3) is 0 Å². The molecule has 3 unspecified atom stereocenters. The zero-order valence-corrected chi connectivity index (χ0v) is 11.4. The molecule has 2 heterocycles. The van der Waals surface area contributed by atoms with Gasteiger partial charge in [-0.05, 0) is 50.3 Å². The highest BCUT2D eigenvalue weighted by atomic mass is 16.5. The molecular weight excluding hydrogens is 222 g/mol. The van der Waals surface area contributed by atoms with E-state index >= 15 is 0 Å². The lowest BCUT2D eigenvalue weighted by molar-refractivity contribution is 0.181. The number of ether oxygens (including phenoxy) is 1. The molecule has 0 radical (unpaired) electrons. The second kappa shape index (κ2) is 4.93. The van der Waals surface area contributed by atoms with Crippen molar-refractivity contribution in [3.8, 4) is 5.75 Å². The predicted molar refractivity (Wildman–Crippen MR) is 74.1 cm³/mol. The summed E-state index contributed by atoms with van der Waals surface area (Å²) in [5, 5.41) is 3.63. The maximum absolute atomic E-state index is 6.06. The van der Waals surface area contributed by atoms with Crippen molar-refractivity contribution in [2.24, 2.45) is 5.92 Å². The largest absolute Gasteiger partial charge is 0.490 e. The van der Waals surface area contributed by atoms with Crippen LogP contribution in [0, 0.1) is 12.8 Å². The molecule has 2 heteroatoms. The number of fused-ring (bicyclic) bond motifs is 1. The number of hydrogen-bond acceptors (Lipinski definition) is 2. The second-order valence-corrected chi connectivity index (χ2v) is 6.07. The van der Waals surface area contributed by atoms with Crippen molar-refractivity contribution in [2.45, 2.75) is 51.7 Å². The van der Waals surface area contributed by atoms with Crippen LogP contribution in [0.4, 0.5) is 0 Å². The van der Waals surface area contributed by atoms with Gasteiger partial charge in [0, 0.05) is 12.5 Å². The van der Waals surface area contributed by atoms with Crippen molar-refractivity contribution in [3.05, 3.63) is 29.3 Å². The summed E-state index contributed by atoms with van der Waals surface area (Å²) in [6.45, 7) is 5.68. The molecule has 3 atom stereocenters. The minimum Gasteiger partial charge on any atom is -0.490 e. The van der Waals surface area contributed by atoms with E-state index in [9.17, 15) is 0 Å². The van der Waals surface area contributed by atoms with Gasteiger partial charge in [0.15, 0.2) is 0 Å². The molecule has 1 N–H and O–H groups in total. The van der Waals surface area contributed by atoms with Crippen molar-refractivity contribution in [2.75, 3.05) is 6.54 Å². The van der Waals surface area contributed by atoms with E-state index in [0.29, 0.717) is 12.1 Å². The van der Waals surface area contributed by atoms with Crippen LogP contribution in [0.2, 0.25) is 0 Å². The molecule has 98 valence electrons.